The second-order valence-electron chi connectivity index (χ2n) is 1.64. The summed E-state index contributed by atoms with van der Waals surface area (Å²) in [6.07, 6.45) is -0.0278. The maximum Gasteiger partial charge on any atom is 0.134 e. The zero-order valence-corrected chi connectivity index (χ0v) is 8.78. The van der Waals surface area contributed by atoms with Crippen molar-refractivity contribution in [2.75, 3.05) is 0 Å². The van der Waals surface area contributed by atoms with Crippen molar-refractivity contribution in [1.82, 2.24) is 0 Å². The minimum Gasteiger partial charge on any atom is -0.339 e. The van der Waals surface area contributed by atoms with Crippen molar-refractivity contribution in [1.29, 1.82) is 0 Å². The maximum absolute atomic E-state index is 9.99. The predicted octanol–water partition coefficient (Wildman–Crippen LogP) is -0.428. The SMILES string of the molecule is O=[C]=[Ir]=[C]=O.[CH2-]C(=O)CC(C)=O. The third-order valence-electron chi connectivity index (χ3n) is 0.514. The number of ketones is 2. The molecule has 0 aromatic rings. The van der Waals surface area contributed by atoms with Crippen LogP contribution in [-0.4, -0.2) is 20.4 Å². The molecule has 5 heteroatoms. The molecule has 0 unspecified atom stereocenters. The van der Waals surface area contributed by atoms with Gasteiger partial charge in [0.05, 0.1) is 0 Å². The molecule has 0 spiro atoms. The van der Waals surface area contributed by atoms with Crippen molar-refractivity contribution in [3.63, 3.8) is 0 Å². The summed E-state index contributed by atoms with van der Waals surface area (Å²) in [5, 5.41) is 0. The van der Waals surface area contributed by atoms with Gasteiger partial charge < -0.3 is 11.7 Å². The second-order valence-corrected chi connectivity index (χ2v) is 3.21. The molecular weight excluding hydrogens is 340 g/mol. The van der Waals surface area contributed by atoms with E-state index in [1.807, 2.05) is 0 Å². The molecule has 0 rings (SSSR count). The average Bonchev–Trinajstić information content (AvgIpc) is 1.87. The first-order chi connectivity index (χ1) is 5.54. The molecule has 0 saturated carbocycles. The number of carbonyl (C=O) groups excluding carboxylic acids is 4. The quantitative estimate of drug-likeness (QED) is 0.502. The first-order valence-corrected chi connectivity index (χ1v) is 5.11. The number of hydrogen-bond donors (Lipinski definition) is 0. The minimum absolute atomic E-state index is 0.0278. The van der Waals surface area contributed by atoms with E-state index in [1.54, 1.807) is 0 Å². The van der Waals surface area contributed by atoms with Crippen LogP contribution in [0.5, 0.6) is 0 Å². The van der Waals surface area contributed by atoms with Gasteiger partial charge in [-0.15, -0.1) is 0 Å². The maximum atomic E-state index is 9.99. The van der Waals surface area contributed by atoms with Gasteiger partial charge >= 0.3 is 35.2 Å². The standard InChI is InChI=1S/C5H7O2.2CO.Ir/c1-4(6)3-5(2)7;2*1-2;/h1,3H2,2H3;;;/q-1;;;. The van der Waals surface area contributed by atoms with E-state index in [-0.39, 0.29) is 18.0 Å². The van der Waals surface area contributed by atoms with E-state index in [0.717, 1.165) is 0 Å². The Bertz CT molecular complexity index is 241. The summed E-state index contributed by atoms with van der Waals surface area (Å²) < 4.78 is 2.94. The minimum atomic E-state index is -1.08. The smallest absolute Gasteiger partial charge is 0.134 e. The Kier molecular flexibility index (Phi) is 11.4. The van der Waals surface area contributed by atoms with Crippen LogP contribution < -0.4 is 0 Å². The van der Waals surface area contributed by atoms with Crippen molar-refractivity contribution in [2.45, 2.75) is 13.3 Å². The Morgan fingerprint density at radius 2 is 1.75 bits per heavy atom. The van der Waals surface area contributed by atoms with Gasteiger partial charge in [0.15, 0.2) is 0 Å². The third kappa shape index (κ3) is 23.0. The Balaban J connectivity index is 0. The first kappa shape index (κ1) is 13.6. The molecule has 0 aliphatic rings. The van der Waals surface area contributed by atoms with Crippen LogP contribution in [0.2, 0.25) is 0 Å². The van der Waals surface area contributed by atoms with E-state index in [4.69, 9.17) is 9.59 Å². The van der Waals surface area contributed by atoms with E-state index in [1.165, 1.54) is 15.7 Å². The molecule has 0 N–H and O–H groups in total. The van der Waals surface area contributed by atoms with Crippen molar-refractivity contribution >= 4 is 20.4 Å². The van der Waals surface area contributed by atoms with Gasteiger partial charge in [0, 0.05) is 12.2 Å². The fraction of sp³-hybridized carbons (Fsp3) is 0.286. The summed E-state index contributed by atoms with van der Waals surface area (Å²) in [5.74, 6) is -0.437. The number of rotatable bonds is 2. The monoisotopic (exact) mass is 348 g/mol. The number of Topliss-reactive ketones (excluding diaryl/α,β-unsaturated/α-hetero) is 2. The van der Waals surface area contributed by atoms with Gasteiger partial charge in [-0.3, -0.25) is 4.79 Å². The van der Waals surface area contributed by atoms with Crippen LogP contribution in [0.25, 0.3) is 0 Å². The summed E-state index contributed by atoms with van der Waals surface area (Å²) in [5.41, 5.74) is 0. The third-order valence-corrected chi connectivity index (χ3v) is 1.00. The Hall–Kier alpha value is -0.981. The molecule has 12 heavy (non-hydrogen) atoms. The van der Waals surface area contributed by atoms with Crippen LogP contribution in [0, 0.1) is 6.92 Å². The predicted molar refractivity (Wildman–Crippen MR) is 37.0 cm³/mol. The first-order valence-electron chi connectivity index (χ1n) is 2.71. The average molecular weight is 347 g/mol. The van der Waals surface area contributed by atoms with Crippen molar-refractivity contribution < 1.29 is 36.0 Å². The van der Waals surface area contributed by atoms with E-state index in [9.17, 15) is 9.59 Å². The van der Waals surface area contributed by atoms with Crippen molar-refractivity contribution in [3.05, 3.63) is 6.92 Å². The van der Waals surface area contributed by atoms with Gasteiger partial charge in [0.25, 0.3) is 0 Å². The summed E-state index contributed by atoms with van der Waals surface area (Å²) in [6.45, 7) is 4.38. The summed E-state index contributed by atoms with van der Waals surface area (Å²) in [6, 6.07) is 0. The number of hydrogen-bond acceptors (Lipinski definition) is 4. The Labute approximate surface area is 76.9 Å². The van der Waals surface area contributed by atoms with Gasteiger partial charge in [0.2, 0.25) is 0 Å². The van der Waals surface area contributed by atoms with Crippen LogP contribution in [0.3, 0.4) is 0 Å². The topological polar surface area (TPSA) is 68.3 Å². The van der Waals surface area contributed by atoms with Crippen LogP contribution in [0.4, 0.5) is 0 Å². The van der Waals surface area contributed by atoms with E-state index in [2.05, 4.69) is 6.92 Å². The van der Waals surface area contributed by atoms with Gasteiger partial charge in [0.1, 0.15) is 5.78 Å². The van der Waals surface area contributed by atoms with Gasteiger partial charge in [-0.05, 0) is 6.92 Å². The molecule has 0 aromatic heterocycles. The summed E-state index contributed by atoms with van der Waals surface area (Å²) in [7, 11) is 0. The molecule has 0 aliphatic heterocycles. The number of carbonyl (C=O) groups is 2. The molecule has 0 fully saturated rings. The summed E-state index contributed by atoms with van der Waals surface area (Å²) >= 11 is -1.08. The van der Waals surface area contributed by atoms with Crippen LogP contribution in [0.15, 0.2) is 0 Å². The molecule has 0 atom stereocenters. The zero-order chi connectivity index (χ0) is 9.98. The molecule has 0 aliphatic carbocycles. The molecule has 0 aromatic carbocycles. The largest absolute Gasteiger partial charge is 0.339 e. The van der Waals surface area contributed by atoms with E-state index in [0.29, 0.717) is 0 Å². The molecule has 69 valence electrons. The fourth-order valence-electron chi connectivity index (χ4n) is 0.292. The Morgan fingerprint density at radius 3 is 1.75 bits per heavy atom. The van der Waals surface area contributed by atoms with Crippen LogP contribution in [0.1, 0.15) is 13.3 Å². The molecule has 4 nitrogen and oxygen atoms in total. The molecule has 0 bridgehead atoms. The normalized spacial score (nSPS) is 6.75. The van der Waals surface area contributed by atoms with Crippen LogP contribution in [-0.2, 0) is 36.0 Å². The molecule has 0 heterocycles. The summed E-state index contributed by atoms with van der Waals surface area (Å²) in [4.78, 5) is 38.1. The second kappa shape index (κ2) is 10.0. The molecular formula is C7H7IrO4-. The van der Waals surface area contributed by atoms with Crippen molar-refractivity contribution in [2.24, 2.45) is 0 Å². The zero-order valence-electron chi connectivity index (χ0n) is 6.38. The van der Waals surface area contributed by atoms with Gasteiger partial charge in [-0.2, -0.15) is 0 Å². The molecule has 0 radical (unpaired) electrons. The van der Waals surface area contributed by atoms with Gasteiger partial charge in [-0.25, -0.2) is 0 Å². The van der Waals surface area contributed by atoms with E-state index < -0.39 is 16.8 Å². The van der Waals surface area contributed by atoms with E-state index >= 15 is 0 Å². The van der Waals surface area contributed by atoms with Gasteiger partial charge in [-0.1, -0.05) is 0 Å². The van der Waals surface area contributed by atoms with Crippen molar-refractivity contribution in [3.8, 4) is 0 Å². The molecule has 0 saturated heterocycles. The fourth-order valence-corrected chi connectivity index (χ4v) is 0.391. The molecule has 0 amide bonds. The van der Waals surface area contributed by atoms with Crippen LogP contribution >= 0.6 is 0 Å². The Morgan fingerprint density at radius 1 is 1.33 bits per heavy atom.